The van der Waals surface area contributed by atoms with Crippen molar-refractivity contribution in [1.29, 1.82) is 5.26 Å². The topological polar surface area (TPSA) is 44.0 Å². The second kappa shape index (κ2) is 6.75. The van der Waals surface area contributed by atoms with Gasteiger partial charge >= 0.3 is 0 Å². The fourth-order valence-electron chi connectivity index (χ4n) is 4.26. The summed E-state index contributed by atoms with van der Waals surface area (Å²) in [5.74, 6) is 1.18. The van der Waals surface area contributed by atoms with Gasteiger partial charge in [-0.25, -0.2) is 0 Å². The van der Waals surface area contributed by atoms with E-state index in [9.17, 15) is 10.4 Å². The van der Waals surface area contributed by atoms with Gasteiger partial charge in [0.1, 0.15) is 0 Å². The highest BCUT2D eigenvalue weighted by Crippen LogP contribution is 2.46. The summed E-state index contributed by atoms with van der Waals surface area (Å²) in [6, 6.07) is 2.53. The molecule has 0 spiro atoms. The van der Waals surface area contributed by atoms with Gasteiger partial charge in [0.2, 0.25) is 0 Å². The Labute approximate surface area is 118 Å². The molecule has 0 aliphatic heterocycles. The van der Waals surface area contributed by atoms with Crippen molar-refractivity contribution in [2.75, 3.05) is 0 Å². The second-order valence-electron chi connectivity index (χ2n) is 6.84. The Morgan fingerprint density at radius 1 is 1.16 bits per heavy atom. The van der Waals surface area contributed by atoms with E-state index in [1.54, 1.807) is 0 Å². The molecule has 2 saturated carbocycles. The van der Waals surface area contributed by atoms with E-state index in [0.717, 1.165) is 44.4 Å². The third-order valence-electron chi connectivity index (χ3n) is 5.58. The van der Waals surface area contributed by atoms with Crippen molar-refractivity contribution in [2.45, 2.75) is 83.7 Å². The van der Waals surface area contributed by atoms with Crippen molar-refractivity contribution < 1.29 is 5.11 Å². The third-order valence-corrected chi connectivity index (χ3v) is 5.58. The van der Waals surface area contributed by atoms with E-state index in [4.69, 9.17) is 0 Å². The Kier molecular flexibility index (Phi) is 5.28. The molecule has 0 heterocycles. The molecule has 1 N–H and O–H groups in total. The molecule has 0 aromatic rings. The maximum absolute atomic E-state index is 10.7. The second-order valence-corrected chi connectivity index (χ2v) is 6.84. The van der Waals surface area contributed by atoms with E-state index in [-0.39, 0.29) is 6.10 Å². The minimum absolute atomic E-state index is 0.375. The van der Waals surface area contributed by atoms with Crippen molar-refractivity contribution in [3.8, 4) is 6.07 Å². The molecule has 1 unspecified atom stereocenters. The fraction of sp³-hybridized carbons (Fsp3) is 0.941. The quantitative estimate of drug-likeness (QED) is 0.815. The van der Waals surface area contributed by atoms with Crippen molar-refractivity contribution in [1.82, 2.24) is 0 Å². The highest BCUT2D eigenvalue weighted by molar-refractivity contribution is 5.07. The minimum Gasteiger partial charge on any atom is -0.391 e. The van der Waals surface area contributed by atoms with Gasteiger partial charge < -0.3 is 5.11 Å². The van der Waals surface area contributed by atoms with Crippen LogP contribution in [0.3, 0.4) is 0 Å². The molecule has 2 rings (SSSR count). The van der Waals surface area contributed by atoms with E-state index < -0.39 is 5.41 Å². The Balaban J connectivity index is 1.97. The third kappa shape index (κ3) is 3.31. The van der Waals surface area contributed by atoms with Gasteiger partial charge in [0.25, 0.3) is 0 Å². The summed E-state index contributed by atoms with van der Waals surface area (Å²) in [6.45, 7) is 2.24. The van der Waals surface area contributed by atoms with Crippen LogP contribution in [0.2, 0.25) is 0 Å². The van der Waals surface area contributed by atoms with E-state index in [1.807, 2.05) is 0 Å². The van der Waals surface area contributed by atoms with Crippen LogP contribution in [0.5, 0.6) is 0 Å². The number of nitrogens with zero attached hydrogens (tertiary/aromatic N) is 1. The molecule has 19 heavy (non-hydrogen) atoms. The van der Waals surface area contributed by atoms with Gasteiger partial charge in [-0.05, 0) is 50.4 Å². The molecule has 0 amide bonds. The highest BCUT2D eigenvalue weighted by Gasteiger charge is 2.44. The number of rotatable bonds is 4. The lowest BCUT2D eigenvalue weighted by molar-refractivity contribution is -0.0267. The van der Waals surface area contributed by atoms with E-state index in [2.05, 4.69) is 13.0 Å². The normalized spacial score (nSPS) is 34.7. The Morgan fingerprint density at radius 3 is 2.32 bits per heavy atom. The average molecular weight is 263 g/mol. The van der Waals surface area contributed by atoms with Crippen molar-refractivity contribution in [3.63, 3.8) is 0 Å². The summed E-state index contributed by atoms with van der Waals surface area (Å²) < 4.78 is 0. The summed E-state index contributed by atoms with van der Waals surface area (Å²) in [4.78, 5) is 0. The van der Waals surface area contributed by atoms with E-state index in [1.165, 1.54) is 32.1 Å². The van der Waals surface area contributed by atoms with Gasteiger partial charge in [0, 0.05) is 0 Å². The summed E-state index contributed by atoms with van der Waals surface area (Å²) in [5, 5.41) is 20.4. The van der Waals surface area contributed by atoms with Gasteiger partial charge in [-0.1, -0.05) is 39.0 Å². The number of nitriles is 1. The first-order valence-electron chi connectivity index (χ1n) is 8.31. The molecular weight excluding hydrogens is 234 g/mol. The van der Waals surface area contributed by atoms with Gasteiger partial charge in [-0.15, -0.1) is 0 Å². The van der Waals surface area contributed by atoms with Crippen LogP contribution in [-0.2, 0) is 0 Å². The number of hydrogen-bond acceptors (Lipinski definition) is 2. The zero-order valence-electron chi connectivity index (χ0n) is 12.4. The first-order chi connectivity index (χ1) is 9.22. The summed E-state index contributed by atoms with van der Waals surface area (Å²) >= 11 is 0. The van der Waals surface area contributed by atoms with Gasteiger partial charge in [-0.2, -0.15) is 5.26 Å². The van der Waals surface area contributed by atoms with E-state index >= 15 is 0 Å². The molecule has 2 aliphatic carbocycles. The first kappa shape index (κ1) is 14.9. The Bertz CT molecular complexity index is 306. The molecule has 2 aliphatic rings. The Hall–Kier alpha value is -0.550. The zero-order valence-corrected chi connectivity index (χ0v) is 12.4. The van der Waals surface area contributed by atoms with Gasteiger partial charge in [-0.3, -0.25) is 0 Å². The molecular formula is C17H29NO. The maximum atomic E-state index is 10.7. The molecule has 2 heteroatoms. The minimum atomic E-state index is -0.424. The molecule has 2 nitrogen and oxygen atoms in total. The lowest BCUT2D eigenvalue weighted by atomic mass is 9.63. The van der Waals surface area contributed by atoms with E-state index in [0.29, 0.717) is 5.92 Å². The van der Waals surface area contributed by atoms with Crippen LogP contribution in [0.4, 0.5) is 0 Å². The maximum Gasteiger partial charge on any atom is 0.0835 e. The molecule has 0 radical (unpaired) electrons. The number of hydrogen-bond donors (Lipinski definition) is 1. The highest BCUT2D eigenvalue weighted by atomic mass is 16.3. The largest absolute Gasteiger partial charge is 0.391 e. The molecule has 108 valence electrons. The molecule has 2 fully saturated rings. The monoisotopic (exact) mass is 263 g/mol. The van der Waals surface area contributed by atoms with Gasteiger partial charge in [0.15, 0.2) is 0 Å². The van der Waals surface area contributed by atoms with Crippen molar-refractivity contribution >= 4 is 0 Å². The summed E-state index contributed by atoms with van der Waals surface area (Å²) in [7, 11) is 0. The lowest BCUT2D eigenvalue weighted by Crippen LogP contribution is -2.42. The predicted octanol–water partition coefficient (Wildman–Crippen LogP) is 4.43. The zero-order chi connectivity index (χ0) is 13.7. The first-order valence-corrected chi connectivity index (χ1v) is 8.31. The van der Waals surface area contributed by atoms with Crippen LogP contribution in [0.25, 0.3) is 0 Å². The van der Waals surface area contributed by atoms with Gasteiger partial charge in [0.05, 0.1) is 17.6 Å². The molecule has 1 atom stereocenters. The Morgan fingerprint density at radius 2 is 1.79 bits per heavy atom. The smallest absolute Gasteiger partial charge is 0.0835 e. The summed E-state index contributed by atoms with van der Waals surface area (Å²) in [6.07, 6.45) is 12.3. The van der Waals surface area contributed by atoms with Crippen LogP contribution >= 0.6 is 0 Å². The fourth-order valence-corrected chi connectivity index (χ4v) is 4.26. The molecule has 0 aromatic carbocycles. The van der Waals surface area contributed by atoms with Crippen molar-refractivity contribution in [2.24, 2.45) is 17.3 Å². The van der Waals surface area contributed by atoms with Crippen LogP contribution in [0.1, 0.15) is 77.6 Å². The van der Waals surface area contributed by atoms with Crippen LogP contribution in [0.15, 0.2) is 0 Å². The van der Waals surface area contributed by atoms with Crippen LogP contribution in [0, 0.1) is 28.6 Å². The SMILES string of the molecule is CCCC1CCC(C#N)(C(O)C2CCCCC2)CC1. The number of aliphatic hydroxyl groups is 1. The predicted molar refractivity (Wildman–Crippen MR) is 77.5 cm³/mol. The van der Waals surface area contributed by atoms with Crippen LogP contribution in [-0.4, -0.2) is 11.2 Å². The lowest BCUT2D eigenvalue weighted by Gasteiger charge is -2.42. The van der Waals surface area contributed by atoms with Crippen LogP contribution < -0.4 is 0 Å². The molecule has 0 bridgehead atoms. The van der Waals surface area contributed by atoms with Crippen molar-refractivity contribution in [3.05, 3.63) is 0 Å². The number of aliphatic hydroxyl groups excluding tert-OH is 1. The molecule has 0 aromatic heterocycles. The molecule has 0 saturated heterocycles. The standard InChI is InChI=1S/C17H29NO/c1-2-6-14-9-11-17(13-18,12-10-14)16(19)15-7-4-3-5-8-15/h14-16,19H,2-12H2,1H3. The summed E-state index contributed by atoms with van der Waals surface area (Å²) in [5.41, 5.74) is -0.424. The average Bonchev–Trinajstić information content (AvgIpc) is 2.49.